The van der Waals surface area contributed by atoms with Crippen LogP contribution in [0.3, 0.4) is 0 Å². The van der Waals surface area contributed by atoms with Crippen molar-refractivity contribution in [3.8, 4) is 17.2 Å². The first kappa shape index (κ1) is 20.5. The second-order valence-corrected chi connectivity index (χ2v) is 8.33. The van der Waals surface area contributed by atoms with E-state index in [0.717, 1.165) is 17.1 Å². The summed E-state index contributed by atoms with van der Waals surface area (Å²) in [5, 5.41) is 3.19. The van der Waals surface area contributed by atoms with Crippen molar-refractivity contribution >= 4 is 17.5 Å². The van der Waals surface area contributed by atoms with Crippen LogP contribution in [0.5, 0.6) is 11.5 Å². The smallest absolute Gasteiger partial charge is 0.248 e. The molecule has 0 amide bonds. The first-order chi connectivity index (χ1) is 15.3. The van der Waals surface area contributed by atoms with Crippen molar-refractivity contribution < 1.29 is 18.3 Å². The average Bonchev–Trinajstić information content (AvgIpc) is 3.18. The van der Waals surface area contributed by atoms with Gasteiger partial charge in [-0.25, -0.2) is 18.7 Å². The summed E-state index contributed by atoms with van der Waals surface area (Å²) >= 11 is 0. The highest BCUT2D eigenvalue weighted by Crippen LogP contribution is 2.47. The van der Waals surface area contributed by atoms with Crippen LogP contribution in [0.4, 0.5) is 26.2 Å². The molecular weight excluding hydrogens is 418 g/mol. The molecule has 0 saturated heterocycles. The molecule has 10 heteroatoms. The highest BCUT2D eigenvalue weighted by molar-refractivity contribution is 5.64. The van der Waals surface area contributed by atoms with Crippen LogP contribution in [0.15, 0.2) is 36.9 Å². The van der Waals surface area contributed by atoms with E-state index in [9.17, 15) is 8.78 Å². The van der Waals surface area contributed by atoms with E-state index in [1.165, 1.54) is 0 Å². The number of benzene rings is 1. The number of anilines is 3. The van der Waals surface area contributed by atoms with E-state index < -0.39 is 5.92 Å². The predicted molar refractivity (Wildman–Crippen MR) is 116 cm³/mol. The molecule has 0 bridgehead atoms. The number of aromatic nitrogens is 4. The molecule has 1 fully saturated rings. The van der Waals surface area contributed by atoms with E-state index >= 15 is 0 Å². The molecule has 1 saturated carbocycles. The van der Waals surface area contributed by atoms with E-state index in [0.29, 0.717) is 29.9 Å². The summed E-state index contributed by atoms with van der Waals surface area (Å²) in [5.74, 6) is -0.498. The Balaban J connectivity index is 1.36. The molecule has 1 N–H and O–H groups in total. The minimum Gasteiger partial charge on any atom is -0.494 e. The van der Waals surface area contributed by atoms with E-state index in [1.807, 2.05) is 47.8 Å². The molecule has 1 aliphatic carbocycles. The normalized spacial score (nSPS) is 19.7. The highest BCUT2D eigenvalue weighted by atomic mass is 19.3. The zero-order valence-corrected chi connectivity index (χ0v) is 18.0. The van der Waals surface area contributed by atoms with Crippen molar-refractivity contribution in [3.63, 3.8) is 0 Å². The molecule has 0 spiro atoms. The lowest BCUT2D eigenvalue weighted by atomic mass is 9.76. The van der Waals surface area contributed by atoms with Crippen molar-refractivity contribution in [1.29, 1.82) is 0 Å². The van der Waals surface area contributed by atoms with Gasteiger partial charge < -0.3 is 24.3 Å². The number of halogens is 2. The largest absolute Gasteiger partial charge is 0.494 e. The Morgan fingerprint density at radius 1 is 1.25 bits per heavy atom. The Labute approximate surface area is 184 Å². The maximum atomic E-state index is 13.4. The SMILES string of the molecule is COc1cc(Nc2ncc3c(n2)N(C)C(C2CC(F)(F)C2)CO3)ccc1-n1cnc(C)c1. The van der Waals surface area contributed by atoms with E-state index in [2.05, 4.69) is 20.3 Å². The number of nitrogens with one attached hydrogen (secondary N) is 1. The second kappa shape index (κ2) is 7.61. The first-order valence-electron chi connectivity index (χ1n) is 10.4. The number of rotatable bonds is 5. The maximum absolute atomic E-state index is 13.4. The van der Waals surface area contributed by atoms with Crippen LogP contribution < -0.4 is 19.7 Å². The molecule has 2 aromatic heterocycles. The third kappa shape index (κ3) is 3.69. The number of aryl methyl sites for hydroxylation is 1. The second-order valence-electron chi connectivity index (χ2n) is 8.33. The Morgan fingerprint density at radius 2 is 2.06 bits per heavy atom. The minimum atomic E-state index is -2.56. The fraction of sp³-hybridized carbons (Fsp3) is 0.409. The van der Waals surface area contributed by atoms with Gasteiger partial charge in [0.2, 0.25) is 11.9 Å². The third-order valence-corrected chi connectivity index (χ3v) is 6.07. The number of alkyl halides is 2. The summed E-state index contributed by atoms with van der Waals surface area (Å²) in [5.41, 5.74) is 2.52. The molecule has 1 aromatic carbocycles. The standard InChI is InChI=1S/C22H24F2N6O2/c1-13-10-30(12-26-13)16-5-4-15(6-18(16)31-3)27-21-25-9-19-20(28-21)29(2)17(11-32-19)14-7-22(23,24)8-14/h4-6,9-10,12,14,17H,7-8,11H2,1-3H3,(H,25,27,28). The van der Waals surface area contributed by atoms with Gasteiger partial charge in [-0.15, -0.1) is 0 Å². The molecule has 3 heterocycles. The Hall–Kier alpha value is -3.43. The molecule has 3 aromatic rings. The number of hydrogen-bond acceptors (Lipinski definition) is 7. The zero-order chi connectivity index (χ0) is 22.5. The lowest BCUT2D eigenvalue weighted by molar-refractivity contribution is -0.119. The van der Waals surface area contributed by atoms with Crippen molar-refractivity contribution in [2.75, 3.05) is 31.0 Å². The number of imidazole rings is 1. The van der Waals surface area contributed by atoms with E-state index in [4.69, 9.17) is 9.47 Å². The van der Waals surface area contributed by atoms with Gasteiger partial charge in [-0.05, 0) is 25.0 Å². The van der Waals surface area contributed by atoms with Crippen LogP contribution in [0, 0.1) is 12.8 Å². The number of ether oxygens (including phenoxy) is 2. The van der Waals surface area contributed by atoms with Crippen LogP contribution in [0.25, 0.3) is 5.69 Å². The number of nitrogens with zero attached hydrogens (tertiary/aromatic N) is 5. The van der Waals surface area contributed by atoms with Crippen molar-refractivity contribution in [2.45, 2.75) is 31.7 Å². The summed E-state index contributed by atoms with van der Waals surface area (Å²) in [7, 11) is 3.47. The van der Waals surface area contributed by atoms with Crippen molar-refractivity contribution in [1.82, 2.24) is 19.5 Å². The summed E-state index contributed by atoms with van der Waals surface area (Å²) in [6.07, 6.45) is 5.03. The van der Waals surface area contributed by atoms with Gasteiger partial charge in [0.15, 0.2) is 11.6 Å². The molecule has 32 heavy (non-hydrogen) atoms. The molecular formula is C22H24F2N6O2. The topological polar surface area (TPSA) is 77.3 Å². The molecule has 1 aliphatic heterocycles. The summed E-state index contributed by atoms with van der Waals surface area (Å²) in [4.78, 5) is 15.1. The monoisotopic (exact) mass is 442 g/mol. The van der Waals surface area contributed by atoms with Crippen LogP contribution in [0.2, 0.25) is 0 Å². The zero-order valence-electron chi connectivity index (χ0n) is 18.0. The molecule has 168 valence electrons. The van der Waals surface area contributed by atoms with Crippen LogP contribution in [-0.2, 0) is 0 Å². The number of methoxy groups -OCH3 is 1. The third-order valence-electron chi connectivity index (χ3n) is 6.07. The molecule has 1 unspecified atom stereocenters. The van der Waals surface area contributed by atoms with Gasteiger partial charge in [0.05, 0.1) is 37.1 Å². The maximum Gasteiger partial charge on any atom is 0.248 e. The van der Waals surface area contributed by atoms with Crippen LogP contribution in [-0.4, -0.2) is 52.2 Å². The average molecular weight is 442 g/mol. The molecule has 2 aliphatic rings. The molecule has 8 nitrogen and oxygen atoms in total. The lowest BCUT2D eigenvalue weighted by Gasteiger charge is -2.45. The van der Waals surface area contributed by atoms with Gasteiger partial charge >= 0.3 is 0 Å². The quantitative estimate of drug-likeness (QED) is 0.641. The molecule has 0 radical (unpaired) electrons. The van der Waals surface area contributed by atoms with Gasteiger partial charge in [0.25, 0.3) is 0 Å². The highest BCUT2D eigenvalue weighted by Gasteiger charge is 2.50. The first-order valence-corrected chi connectivity index (χ1v) is 10.4. The Morgan fingerprint density at radius 3 is 2.75 bits per heavy atom. The fourth-order valence-electron chi connectivity index (χ4n) is 4.30. The van der Waals surface area contributed by atoms with Crippen LogP contribution >= 0.6 is 0 Å². The van der Waals surface area contributed by atoms with E-state index in [1.54, 1.807) is 19.6 Å². The number of fused-ring (bicyclic) bond motifs is 1. The Kier molecular flexibility index (Phi) is 4.87. The van der Waals surface area contributed by atoms with Gasteiger partial charge in [0, 0.05) is 37.8 Å². The van der Waals surface area contributed by atoms with Crippen molar-refractivity contribution in [2.24, 2.45) is 5.92 Å². The van der Waals surface area contributed by atoms with Gasteiger partial charge in [-0.1, -0.05) is 0 Å². The van der Waals surface area contributed by atoms with Gasteiger partial charge in [-0.2, -0.15) is 4.98 Å². The van der Waals surface area contributed by atoms with Gasteiger partial charge in [0.1, 0.15) is 12.4 Å². The van der Waals surface area contributed by atoms with E-state index in [-0.39, 0.29) is 24.8 Å². The van der Waals surface area contributed by atoms with Gasteiger partial charge in [-0.3, -0.25) is 0 Å². The predicted octanol–water partition coefficient (Wildman–Crippen LogP) is 3.97. The number of hydrogen-bond donors (Lipinski definition) is 1. The van der Waals surface area contributed by atoms with Crippen LogP contribution in [0.1, 0.15) is 18.5 Å². The summed E-state index contributed by atoms with van der Waals surface area (Å²) < 4.78 is 39.9. The summed E-state index contributed by atoms with van der Waals surface area (Å²) in [6.45, 7) is 2.28. The summed E-state index contributed by atoms with van der Waals surface area (Å²) in [6, 6.07) is 5.54. The van der Waals surface area contributed by atoms with Crippen molar-refractivity contribution in [3.05, 3.63) is 42.6 Å². The fourth-order valence-corrected chi connectivity index (χ4v) is 4.30. The molecule has 1 atom stereocenters. The lowest BCUT2D eigenvalue weighted by Crippen LogP contribution is -2.53. The molecule has 5 rings (SSSR count). The number of likely N-dealkylation sites (N-methyl/N-ethyl adjacent to an activating group) is 1. The minimum absolute atomic E-state index is 0.112. The Bertz CT molecular complexity index is 1140.